The van der Waals surface area contributed by atoms with E-state index in [-0.39, 0.29) is 0 Å². The summed E-state index contributed by atoms with van der Waals surface area (Å²) in [6.45, 7) is 1.95. The number of anilines is 2. The van der Waals surface area contributed by atoms with Gasteiger partial charge < -0.3 is 20.7 Å². The smallest absolute Gasteiger partial charge is 0.121 e. The molecule has 3 N–H and O–H groups in total. The van der Waals surface area contributed by atoms with Crippen LogP contribution in [0.1, 0.15) is 12.8 Å². The number of nitrogens with two attached hydrogens (primary N) is 1. The Labute approximate surface area is 103 Å². The molecule has 94 valence electrons. The highest BCUT2D eigenvalue weighted by Gasteiger charge is 2.25. The summed E-state index contributed by atoms with van der Waals surface area (Å²) in [5, 5.41) is 3.35. The summed E-state index contributed by atoms with van der Waals surface area (Å²) < 4.78 is 5.18. The van der Waals surface area contributed by atoms with Gasteiger partial charge in [-0.1, -0.05) is 0 Å². The lowest BCUT2D eigenvalue weighted by atomic mass is 10.2. The summed E-state index contributed by atoms with van der Waals surface area (Å²) in [7, 11) is 3.84. The Hall–Kier alpha value is -1.42. The minimum absolute atomic E-state index is 0.764. The highest BCUT2D eigenvalue weighted by molar-refractivity contribution is 5.68. The van der Waals surface area contributed by atoms with Crippen molar-refractivity contribution < 1.29 is 4.74 Å². The van der Waals surface area contributed by atoms with Gasteiger partial charge in [-0.2, -0.15) is 0 Å². The quantitative estimate of drug-likeness (QED) is 0.738. The van der Waals surface area contributed by atoms with E-state index in [4.69, 9.17) is 10.5 Å². The summed E-state index contributed by atoms with van der Waals surface area (Å²) in [4.78, 5) is 2.39. The van der Waals surface area contributed by atoms with Gasteiger partial charge in [0.05, 0.1) is 18.5 Å². The van der Waals surface area contributed by atoms with Crippen molar-refractivity contribution in [2.45, 2.75) is 18.9 Å². The van der Waals surface area contributed by atoms with Crippen LogP contribution < -0.4 is 15.8 Å². The Kier molecular flexibility index (Phi) is 3.74. The van der Waals surface area contributed by atoms with Crippen LogP contribution in [-0.2, 0) is 0 Å². The molecule has 17 heavy (non-hydrogen) atoms. The molecule has 0 aromatic heterocycles. The van der Waals surface area contributed by atoms with Crippen molar-refractivity contribution >= 4 is 11.4 Å². The summed E-state index contributed by atoms with van der Waals surface area (Å²) in [6.07, 6.45) is 2.69. The summed E-state index contributed by atoms with van der Waals surface area (Å²) >= 11 is 0. The van der Waals surface area contributed by atoms with E-state index in [9.17, 15) is 0 Å². The second kappa shape index (κ2) is 5.27. The van der Waals surface area contributed by atoms with Gasteiger partial charge >= 0.3 is 0 Å². The molecule has 1 aliphatic rings. The molecule has 0 atom stereocenters. The molecular weight excluding hydrogens is 214 g/mol. The number of rotatable bonds is 6. The highest BCUT2D eigenvalue weighted by Crippen LogP contribution is 2.26. The minimum Gasteiger partial charge on any atom is -0.497 e. The number of hydrogen-bond acceptors (Lipinski definition) is 4. The lowest BCUT2D eigenvalue weighted by Gasteiger charge is -2.17. The average Bonchev–Trinajstić information content (AvgIpc) is 3.15. The van der Waals surface area contributed by atoms with Gasteiger partial charge in [0.1, 0.15) is 5.75 Å². The van der Waals surface area contributed by atoms with E-state index in [0.717, 1.165) is 36.3 Å². The van der Waals surface area contributed by atoms with Crippen LogP contribution in [0.5, 0.6) is 5.75 Å². The zero-order valence-electron chi connectivity index (χ0n) is 10.6. The van der Waals surface area contributed by atoms with Crippen molar-refractivity contribution in [1.29, 1.82) is 0 Å². The maximum atomic E-state index is 5.90. The fourth-order valence-corrected chi connectivity index (χ4v) is 1.88. The van der Waals surface area contributed by atoms with Crippen LogP contribution in [-0.4, -0.2) is 38.2 Å². The number of nitrogens with one attached hydrogen (secondary N) is 1. The highest BCUT2D eigenvalue weighted by atomic mass is 16.5. The third kappa shape index (κ3) is 3.27. The van der Waals surface area contributed by atoms with Crippen LogP contribution in [0.25, 0.3) is 0 Å². The third-order valence-corrected chi connectivity index (χ3v) is 3.21. The fourth-order valence-electron chi connectivity index (χ4n) is 1.88. The lowest BCUT2D eigenvalue weighted by molar-refractivity contribution is 0.337. The van der Waals surface area contributed by atoms with E-state index in [0.29, 0.717) is 0 Å². The second-order valence-corrected chi connectivity index (χ2v) is 4.59. The Balaban J connectivity index is 1.84. The number of benzene rings is 1. The Morgan fingerprint density at radius 2 is 2.24 bits per heavy atom. The van der Waals surface area contributed by atoms with Crippen molar-refractivity contribution in [2.24, 2.45) is 0 Å². The Morgan fingerprint density at radius 1 is 1.47 bits per heavy atom. The molecular formula is C13H21N3O. The largest absolute Gasteiger partial charge is 0.497 e. The first-order valence-electron chi connectivity index (χ1n) is 6.08. The van der Waals surface area contributed by atoms with Crippen LogP contribution in [0.15, 0.2) is 18.2 Å². The van der Waals surface area contributed by atoms with Crippen LogP contribution in [0.2, 0.25) is 0 Å². The number of likely N-dealkylation sites (N-methyl/N-ethyl adjacent to an activating group) is 1. The van der Waals surface area contributed by atoms with Gasteiger partial charge in [-0.05, 0) is 32.0 Å². The average molecular weight is 235 g/mol. The molecule has 0 spiro atoms. The number of nitrogens with zero attached hydrogens (tertiary/aromatic N) is 1. The van der Waals surface area contributed by atoms with E-state index in [1.807, 2.05) is 18.2 Å². The first-order valence-corrected chi connectivity index (χ1v) is 6.08. The first kappa shape index (κ1) is 12.0. The molecule has 4 heteroatoms. The number of ether oxygens (including phenoxy) is 1. The zero-order valence-corrected chi connectivity index (χ0v) is 10.6. The molecule has 1 fully saturated rings. The minimum atomic E-state index is 0.764. The molecule has 0 saturated heterocycles. The Bertz CT molecular complexity index is 377. The normalized spacial score (nSPS) is 15.0. The van der Waals surface area contributed by atoms with Crippen molar-refractivity contribution in [2.75, 3.05) is 38.3 Å². The predicted molar refractivity (Wildman–Crippen MR) is 71.5 cm³/mol. The number of methoxy groups -OCH3 is 1. The third-order valence-electron chi connectivity index (χ3n) is 3.21. The summed E-state index contributed by atoms with van der Waals surface area (Å²) in [6, 6.07) is 6.48. The van der Waals surface area contributed by atoms with Crippen molar-refractivity contribution in [3.8, 4) is 5.75 Å². The molecule has 0 heterocycles. The van der Waals surface area contributed by atoms with E-state index in [2.05, 4.69) is 17.3 Å². The van der Waals surface area contributed by atoms with Crippen LogP contribution in [0.3, 0.4) is 0 Å². The van der Waals surface area contributed by atoms with Gasteiger partial charge in [0.25, 0.3) is 0 Å². The SMILES string of the molecule is COc1ccc(N)c(NCCN(C)C2CC2)c1. The molecule has 0 aliphatic heterocycles. The predicted octanol–water partition coefficient (Wildman–Crippen LogP) is 1.78. The molecule has 0 amide bonds. The number of hydrogen-bond donors (Lipinski definition) is 2. The van der Waals surface area contributed by atoms with E-state index in [1.165, 1.54) is 12.8 Å². The maximum Gasteiger partial charge on any atom is 0.121 e. The fraction of sp³-hybridized carbons (Fsp3) is 0.538. The van der Waals surface area contributed by atoms with E-state index >= 15 is 0 Å². The van der Waals surface area contributed by atoms with Crippen molar-refractivity contribution in [1.82, 2.24) is 4.90 Å². The van der Waals surface area contributed by atoms with E-state index in [1.54, 1.807) is 7.11 Å². The maximum absolute atomic E-state index is 5.90. The van der Waals surface area contributed by atoms with Crippen molar-refractivity contribution in [3.05, 3.63) is 18.2 Å². The van der Waals surface area contributed by atoms with Crippen LogP contribution >= 0.6 is 0 Å². The molecule has 1 saturated carbocycles. The second-order valence-electron chi connectivity index (χ2n) is 4.59. The van der Waals surface area contributed by atoms with Gasteiger partial charge in [-0.25, -0.2) is 0 Å². The summed E-state index contributed by atoms with van der Waals surface area (Å²) in [5.41, 5.74) is 7.62. The standard InChI is InChI=1S/C13H21N3O/c1-16(10-3-4-10)8-7-15-13-9-11(17-2)5-6-12(13)14/h5-6,9-10,15H,3-4,7-8,14H2,1-2H3. The van der Waals surface area contributed by atoms with Crippen LogP contribution in [0.4, 0.5) is 11.4 Å². The number of nitrogen functional groups attached to an aromatic ring is 1. The van der Waals surface area contributed by atoms with Gasteiger partial charge in [0, 0.05) is 25.2 Å². The van der Waals surface area contributed by atoms with Crippen molar-refractivity contribution in [3.63, 3.8) is 0 Å². The van der Waals surface area contributed by atoms with Gasteiger partial charge in [-0.15, -0.1) is 0 Å². The zero-order chi connectivity index (χ0) is 12.3. The molecule has 0 unspecified atom stereocenters. The van der Waals surface area contributed by atoms with Gasteiger partial charge in [0.15, 0.2) is 0 Å². The molecule has 1 aromatic carbocycles. The Morgan fingerprint density at radius 3 is 2.88 bits per heavy atom. The molecule has 0 bridgehead atoms. The van der Waals surface area contributed by atoms with Gasteiger partial charge in [0.2, 0.25) is 0 Å². The lowest BCUT2D eigenvalue weighted by Crippen LogP contribution is -2.27. The van der Waals surface area contributed by atoms with Gasteiger partial charge in [-0.3, -0.25) is 0 Å². The monoisotopic (exact) mass is 235 g/mol. The molecule has 1 aliphatic carbocycles. The molecule has 0 radical (unpaired) electrons. The molecule has 1 aromatic rings. The first-order chi connectivity index (χ1) is 8.20. The van der Waals surface area contributed by atoms with Crippen LogP contribution in [0, 0.1) is 0 Å². The molecule has 4 nitrogen and oxygen atoms in total. The topological polar surface area (TPSA) is 50.5 Å². The molecule has 2 rings (SSSR count). The van der Waals surface area contributed by atoms with E-state index < -0.39 is 0 Å². The summed E-state index contributed by atoms with van der Waals surface area (Å²) in [5.74, 6) is 0.831.